The van der Waals surface area contributed by atoms with Crippen molar-refractivity contribution in [1.29, 1.82) is 0 Å². The maximum Gasteiger partial charge on any atom is 0.294 e. The number of nitrogen functional groups attached to an aromatic ring is 1. The summed E-state index contributed by atoms with van der Waals surface area (Å²) >= 11 is 0. The van der Waals surface area contributed by atoms with Gasteiger partial charge in [-0.25, -0.2) is 0 Å². The molecule has 1 aromatic heterocycles. The molecule has 0 radical (unpaired) electrons. The number of nitrogens with two attached hydrogens (primary N) is 1. The molecule has 2 heterocycles. The van der Waals surface area contributed by atoms with Crippen LogP contribution in [0, 0.1) is 5.92 Å². The van der Waals surface area contributed by atoms with Crippen LogP contribution in [0.2, 0.25) is 0 Å². The molecule has 5 nitrogen and oxygen atoms in total. The Kier molecular flexibility index (Phi) is 3.63. The molecule has 1 aromatic carbocycles. The van der Waals surface area contributed by atoms with E-state index in [9.17, 15) is 4.79 Å². The minimum Gasteiger partial charge on any atom is -0.465 e. The summed E-state index contributed by atoms with van der Waals surface area (Å²) in [6.45, 7) is 4.74. The fourth-order valence-electron chi connectivity index (χ4n) is 2.38. The summed E-state index contributed by atoms with van der Waals surface area (Å²) in [5.74, 6) is 1.53. The second kappa shape index (κ2) is 5.60. The number of carbonyl (C=O) groups excluding carboxylic acids is 1. The second-order valence-corrected chi connectivity index (χ2v) is 5.66. The number of fused-ring (bicyclic) bond motifs is 1. The zero-order valence-corrected chi connectivity index (χ0v) is 12.6. The van der Waals surface area contributed by atoms with Crippen LogP contribution in [-0.2, 0) is 4.79 Å². The quantitative estimate of drug-likeness (QED) is 0.697. The van der Waals surface area contributed by atoms with E-state index in [2.05, 4.69) is 13.8 Å². The lowest BCUT2D eigenvalue weighted by Crippen LogP contribution is -2.39. The Morgan fingerprint density at radius 3 is 2.82 bits per heavy atom. The fourth-order valence-corrected chi connectivity index (χ4v) is 2.38. The van der Waals surface area contributed by atoms with E-state index in [1.54, 1.807) is 41.5 Å². The van der Waals surface area contributed by atoms with Crippen molar-refractivity contribution in [3.8, 4) is 5.75 Å². The Labute approximate surface area is 129 Å². The van der Waals surface area contributed by atoms with Gasteiger partial charge < -0.3 is 19.8 Å². The van der Waals surface area contributed by atoms with Gasteiger partial charge >= 0.3 is 0 Å². The average Bonchev–Trinajstić information content (AvgIpc) is 2.96. The fraction of sp³-hybridized carbons (Fsp3) is 0.235. The van der Waals surface area contributed by atoms with Crippen LogP contribution in [0.15, 0.2) is 46.8 Å². The first-order chi connectivity index (χ1) is 10.5. The molecule has 1 amide bonds. The molecule has 2 aromatic rings. The minimum absolute atomic E-state index is 0.178. The summed E-state index contributed by atoms with van der Waals surface area (Å²) in [6, 6.07) is 8.84. The number of ether oxygens (including phenoxy) is 1. The summed E-state index contributed by atoms with van der Waals surface area (Å²) in [5, 5.41) is 0. The van der Waals surface area contributed by atoms with E-state index in [0.29, 0.717) is 29.7 Å². The van der Waals surface area contributed by atoms with Crippen molar-refractivity contribution in [3.05, 3.63) is 48.1 Å². The van der Waals surface area contributed by atoms with Crippen molar-refractivity contribution in [2.45, 2.75) is 13.8 Å². The van der Waals surface area contributed by atoms with Crippen molar-refractivity contribution in [2.75, 3.05) is 17.2 Å². The van der Waals surface area contributed by atoms with Gasteiger partial charge in [0.05, 0.1) is 12.0 Å². The summed E-state index contributed by atoms with van der Waals surface area (Å²) in [4.78, 5) is 14.4. The van der Waals surface area contributed by atoms with Gasteiger partial charge in [-0.3, -0.25) is 4.79 Å². The van der Waals surface area contributed by atoms with Crippen LogP contribution in [0.4, 0.5) is 11.4 Å². The van der Waals surface area contributed by atoms with Crippen LogP contribution in [-0.4, -0.2) is 12.5 Å². The van der Waals surface area contributed by atoms with Gasteiger partial charge in [0.25, 0.3) is 5.91 Å². The Bertz CT molecular complexity index is 718. The first-order valence-electron chi connectivity index (χ1n) is 7.19. The number of carbonyl (C=O) groups is 1. The van der Waals surface area contributed by atoms with Crippen molar-refractivity contribution in [3.63, 3.8) is 0 Å². The molecular formula is C17H18N2O3. The summed E-state index contributed by atoms with van der Waals surface area (Å²) < 4.78 is 11.0. The van der Waals surface area contributed by atoms with Crippen LogP contribution in [0.25, 0.3) is 6.08 Å². The van der Waals surface area contributed by atoms with E-state index in [1.165, 1.54) is 0 Å². The molecule has 1 aliphatic rings. The van der Waals surface area contributed by atoms with Gasteiger partial charge in [0.2, 0.25) is 0 Å². The lowest BCUT2D eigenvalue weighted by molar-refractivity contribution is -0.117. The molecule has 0 fully saturated rings. The smallest absolute Gasteiger partial charge is 0.294 e. The van der Waals surface area contributed by atoms with Crippen LogP contribution < -0.4 is 15.4 Å². The highest BCUT2D eigenvalue weighted by Gasteiger charge is 2.31. The van der Waals surface area contributed by atoms with Gasteiger partial charge in [0.15, 0.2) is 11.5 Å². The second-order valence-electron chi connectivity index (χ2n) is 5.66. The lowest BCUT2D eigenvalue weighted by Gasteiger charge is -2.31. The number of furan rings is 1. The summed E-state index contributed by atoms with van der Waals surface area (Å²) in [7, 11) is 0. The Morgan fingerprint density at radius 1 is 1.32 bits per heavy atom. The van der Waals surface area contributed by atoms with E-state index in [-0.39, 0.29) is 11.7 Å². The number of hydrogen-bond donors (Lipinski definition) is 1. The zero-order chi connectivity index (χ0) is 15.7. The van der Waals surface area contributed by atoms with Crippen LogP contribution in [0.5, 0.6) is 5.75 Å². The van der Waals surface area contributed by atoms with Crippen LogP contribution >= 0.6 is 0 Å². The molecule has 3 rings (SSSR count). The molecule has 0 aliphatic carbocycles. The molecular weight excluding hydrogens is 280 g/mol. The first-order valence-corrected chi connectivity index (χ1v) is 7.19. The van der Waals surface area contributed by atoms with E-state index < -0.39 is 0 Å². The van der Waals surface area contributed by atoms with E-state index >= 15 is 0 Å². The van der Waals surface area contributed by atoms with Gasteiger partial charge in [-0.1, -0.05) is 13.8 Å². The number of amides is 1. The number of rotatable bonds is 3. The molecule has 0 saturated heterocycles. The van der Waals surface area contributed by atoms with Crippen LogP contribution in [0.3, 0.4) is 0 Å². The third-order valence-electron chi connectivity index (χ3n) is 3.31. The molecule has 0 bridgehead atoms. The van der Waals surface area contributed by atoms with E-state index in [1.807, 2.05) is 6.07 Å². The molecule has 5 heteroatoms. The monoisotopic (exact) mass is 298 g/mol. The third-order valence-corrected chi connectivity index (χ3v) is 3.31. The highest BCUT2D eigenvalue weighted by atomic mass is 16.5. The summed E-state index contributed by atoms with van der Waals surface area (Å²) in [5.41, 5.74) is 7.16. The molecule has 0 atom stereocenters. The standard InChI is InChI=1S/C17H18N2O3/c1-11(2)10-19-14-6-5-12(18)8-15(14)22-16(17(19)20)9-13-4-3-7-21-13/h3-9,11H,10,18H2,1-2H3/b16-9+. The highest BCUT2D eigenvalue weighted by Crippen LogP contribution is 2.37. The predicted molar refractivity (Wildman–Crippen MR) is 85.4 cm³/mol. The number of anilines is 2. The van der Waals surface area contributed by atoms with Crippen molar-refractivity contribution in [1.82, 2.24) is 0 Å². The zero-order valence-electron chi connectivity index (χ0n) is 12.6. The number of benzene rings is 1. The number of nitrogens with zero attached hydrogens (tertiary/aromatic N) is 1. The van der Waals surface area contributed by atoms with Crippen molar-refractivity contribution < 1.29 is 13.9 Å². The first kappa shape index (κ1) is 14.3. The molecule has 114 valence electrons. The predicted octanol–water partition coefficient (Wildman–Crippen LogP) is 3.28. The molecule has 0 saturated carbocycles. The van der Waals surface area contributed by atoms with E-state index in [4.69, 9.17) is 14.9 Å². The molecule has 1 aliphatic heterocycles. The Morgan fingerprint density at radius 2 is 2.14 bits per heavy atom. The normalized spacial score (nSPS) is 16.0. The molecule has 22 heavy (non-hydrogen) atoms. The maximum absolute atomic E-state index is 12.7. The largest absolute Gasteiger partial charge is 0.465 e. The van der Waals surface area contributed by atoms with Gasteiger partial charge in [-0.2, -0.15) is 0 Å². The van der Waals surface area contributed by atoms with Crippen molar-refractivity contribution in [2.24, 2.45) is 5.92 Å². The molecule has 2 N–H and O–H groups in total. The average molecular weight is 298 g/mol. The minimum atomic E-state index is -0.178. The van der Waals surface area contributed by atoms with Gasteiger partial charge in [0, 0.05) is 24.4 Å². The Balaban J connectivity index is 2.04. The summed E-state index contributed by atoms with van der Waals surface area (Å²) in [6.07, 6.45) is 3.15. The number of hydrogen-bond acceptors (Lipinski definition) is 4. The molecule has 0 unspecified atom stereocenters. The van der Waals surface area contributed by atoms with E-state index in [0.717, 1.165) is 5.69 Å². The maximum atomic E-state index is 12.7. The van der Waals surface area contributed by atoms with Crippen LogP contribution in [0.1, 0.15) is 19.6 Å². The van der Waals surface area contributed by atoms with Gasteiger partial charge in [-0.05, 0) is 30.2 Å². The topological polar surface area (TPSA) is 68.7 Å². The SMILES string of the molecule is CC(C)CN1C(=O)/C(=C\c2ccco2)Oc2cc(N)ccc21. The highest BCUT2D eigenvalue weighted by molar-refractivity contribution is 6.09. The lowest BCUT2D eigenvalue weighted by atomic mass is 10.1. The van der Waals surface area contributed by atoms with Gasteiger partial charge in [0.1, 0.15) is 5.76 Å². The third kappa shape index (κ3) is 2.70. The van der Waals surface area contributed by atoms with Crippen molar-refractivity contribution >= 4 is 23.4 Å². The molecule has 0 spiro atoms. The van der Waals surface area contributed by atoms with Gasteiger partial charge in [-0.15, -0.1) is 0 Å². The Hall–Kier alpha value is -2.69.